The van der Waals surface area contributed by atoms with Gasteiger partial charge in [-0.1, -0.05) is 19.9 Å². The Bertz CT molecular complexity index is 831. The molecule has 0 aromatic heterocycles. The third kappa shape index (κ3) is 2.64. The number of carboxylic acid groups (broad SMARTS) is 1. The van der Waals surface area contributed by atoms with Crippen LogP contribution in [0.15, 0.2) is 18.2 Å². The van der Waals surface area contributed by atoms with E-state index in [4.69, 9.17) is 0 Å². The van der Waals surface area contributed by atoms with Crippen LogP contribution in [-0.2, 0) is 26.0 Å². The number of nitrogens with one attached hydrogen (secondary N) is 1. The average molecular weight is 352 g/mol. The summed E-state index contributed by atoms with van der Waals surface area (Å²) in [6.07, 6.45) is 1.78. The predicted octanol–water partition coefficient (Wildman–Crippen LogP) is 1.30. The summed E-state index contributed by atoms with van der Waals surface area (Å²) in [7, 11) is -3.36. The number of rotatable bonds is 4. The van der Waals surface area contributed by atoms with Gasteiger partial charge in [0.1, 0.15) is 0 Å². The van der Waals surface area contributed by atoms with E-state index in [1.54, 1.807) is 32.0 Å². The molecule has 0 radical (unpaired) electrons. The van der Waals surface area contributed by atoms with Crippen molar-refractivity contribution in [3.63, 3.8) is 0 Å². The van der Waals surface area contributed by atoms with Crippen LogP contribution in [0.25, 0.3) is 0 Å². The molecule has 130 valence electrons. The second-order valence-electron chi connectivity index (χ2n) is 7.03. The molecule has 7 nitrogen and oxygen atoms in total. The molecule has 1 aliphatic carbocycles. The molecule has 0 saturated heterocycles. The van der Waals surface area contributed by atoms with E-state index in [9.17, 15) is 23.1 Å². The first-order valence-corrected chi connectivity index (χ1v) is 9.52. The Hall–Kier alpha value is -2.09. The maximum atomic E-state index is 12.4. The number of carbonyl (C=O) groups is 2. The molecule has 1 saturated carbocycles. The van der Waals surface area contributed by atoms with Gasteiger partial charge in [0.15, 0.2) is 0 Å². The first kappa shape index (κ1) is 16.8. The molecule has 2 N–H and O–H groups in total. The van der Waals surface area contributed by atoms with Gasteiger partial charge in [-0.05, 0) is 29.5 Å². The van der Waals surface area contributed by atoms with Gasteiger partial charge < -0.3 is 10.4 Å². The molecule has 0 spiro atoms. The summed E-state index contributed by atoms with van der Waals surface area (Å²) in [5.41, 5.74) is 1.38. The number of hydrogen-bond acceptors (Lipinski definition) is 4. The maximum Gasteiger partial charge on any atom is 0.307 e. The number of aliphatic carboxylic acids is 1. The van der Waals surface area contributed by atoms with E-state index in [0.717, 1.165) is 11.8 Å². The predicted molar refractivity (Wildman–Crippen MR) is 89.4 cm³/mol. The van der Waals surface area contributed by atoms with Gasteiger partial charge in [0.2, 0.25) is 15.9 Å². The molecule has 2 aliphatic rings. The monoisotopic (exact) mass is 352 g/mol. The molecule has 8 heteroatoms. The minimum atomic E-state index is -3.36. The van der Waals surface area contributed by atoms with E-state index in [0.29, 0.717) is 24.3 Å². The Labute approximate surface area is 140 Å². The van der Waals surface area contributed by atoms with Crippen molar-refractivity contribution in [2.45, 2.75) is 20.3 Å². The normalized spacial score (nSPS) is 24.4. The lowest BCUT2D eigenvalue weighted by Crippen LogP contribution is -2.27. The van der Waals surface area contributed by atoms with Gasteiger partial charge in [-0.3, -0.25) is 13.9 Å². The van der Waals surface area contributed by atoms with Crippen molar-refractivity contribution in [1.29, 1.82) is 0 Å². The number of fused-ring (bicyclic) bond motifs is 1. The highest BCUT2D eigenvalue weighted by molar-refractivity contribution is 7.92. The Morgan fingerprint density at radius 2 is 1.96 bits per heavy atom. The van der Waals surface area contributed by atoms with Crippen LogP contribution in [0.5, 0.6) is 0 Å². The van der Waals surface area contributed by atoms with Crippen molar-refractivity contribution < 1.29 is 23.1 Å². The van der Waals surface area contributed by atoms with Crippen LogP contribution in [-0.4, -0.2) is 38.2 Å². The van der Waals surface area contributed by atoms with E-state index in [1.807, 2.05) is 0 Å². The lowest BCUT2D eigenvalue weighted by molar-refractivity contribution is -0.140. The van der Waals surface area contributed by atoms with Crippen LogP contribution >= 0.6 is 0 Å². The highest BCUT2D eigenvalue weighted by atomic mass is 32.2. The number of hydrogen-bond donors (Lipinski definition) is 2. The minimum Gasteiger partial charge on any atom is -0.481 e. The zero-order valence-corrected chi connectivity index (χ0v) is 14.6. The van der Waals surface area contributed by atoms with Crippen LogP contribution in [0.1, 0.15) is 19.4 Å². The average Bonchev–Trinajstić information content (AvgIpc) is 2.82. The van der Waals surface area contributed by atoms with Gasteiger partial charge in [-0.2, -0.15) is 0 Å². The number of sulfonamides is 1. The van der Waals surface area contributed by atoms with Crippen LogP contribution in [0, 0.1) is 17.3 Å². The van der Waals surface area contributed by atoms with Crippen molar-refractivity contribution in [3.05, 3.63) is 23.8 Å². The van der Waals surface area contributed by atoms with Gasteiger partial charge in [-0.15, -0.1) is 0 Å². The molecule has 2 atom stereocenters. The molecular weight excluding hydrogens is 332 g/mol. The third-order valence-corrected chi connectivity index (χ3v) is 6.16. The SMILES string of the molecule is CC1(C)[C@H](C(=O)Nc2ccc3c(c2)N(S(C)(=O)=O)CC3)[C@@H]1C(=O)O. The second-order valence-corrected chi connectivity index (χ2v) is 8.94. The summed E-state index contributed by atoms with van der Waals surface area (Å²) in [6.45, 7) is 3.90. The van der Waals surface area contributed by atoms with Crippen molar-refractivity contribution in [3.8, 4) is 0 Å². The zero-order valence-electron chi connectivity index (χ0n) is 13.7. The number of amides is 1. The molecule has 24 heavy (non-hydrogen) atoms. The summed E-state index contributed by atoms with van der Waals surface area (Å²) in [4.78, 5) is 23.6. The third-order valence-electron chi connectivity index (χ3n) is 4.98. The molecule has 1 amide bonds. The highest BCUT2D eigenvalue weighted by Gasteiger charge is 2.65. The standard InChI is InChI=1S/C16H20N2O5S/c1-16(2)12(13(16)15(20)21)14(19)17-10-5-4-9-6-7-18(11(9)8-10)24(3,22)23/h4-5,8,12-13H,6-7H2,1-3H3,(H,17,19)(H,20,21)/t12-,13+/m0/s1. The number of carbonyl (C=O) groups excluding carboxylic acids is 1. The van der Waals surface area contributed by atoms with Crippen molar-refractivity contribution in [2.24, 2.45) is 17.3 Å². The fourth-order valence-electron chi connectivity index (χ4n) is 3.58. The molecule has 3 rings (SSSR count). The summed E-state index contributed by atoms with van der Waals surface area (Å²) in [5.74, 6) is -2.61. The lowest BCUT2D eigenvalue weighted by Gasteiger charge is -2.17. The molecule has 0 unspecified atom stereocenters. The largest absolute Gasteiger partial charge is 0.481 e. The van der Waals surface area contributed by atoms with Crippen LogP contribution in [0.4, 0.5) is 11.4 Å². The van der Waals surface area contributed by atoms with E-state index < -0.39 is 33.2 Å². The van der Waals surface area contributed by atoms with Crippen molar-refractivity contribution >= 4 is 33.3 Å². The molecule has 1 aromatic carbocycles. The van der Waals surface area contributed by atoms with Gasteiger partial charge in [0.25, 0.3) is 0 Å². The van der Waals surface area contributed by atoms with Crippen molar-refractivity contribution in [2.75, 3.05) is 22.4 Å². The summed E-state index contributed by atoms with van der Waals surface area (Å²) in [5, 5.41) is 11.9. The number of anilines is 2. The summed E-state index contributed by atoms with van der Waals surface area (Å²) in [6, 6.07) is 5.14. The number of nitrogens with zero attached hydrogens (tertiary/aromatic N) is 1. The van der Waals surface area contributed by atoms with E-state index >= 15 is 0 Å². The Morgan fingerprint density at radius 3 is 2.50 bits per heavy atom. The maximum absolute atomic E-state index is 12.4. The molecule has 1 heterocycles. The van der Waals surface area contributed by atoms with Crippen LogP contribution < -0.4 is 9.62 Å². The van der Waals surface area contributed by atoms with Crippen LogP contribution in [0.2, 0.25) is 0 Å². The number of benzene rings is 1. The fourth-order valence-corrected chi connectivity index (χ4v) is 4.53. The lowest BCUT2D eigenvalue weighted by atomic mass is 10.1. The topological polar surface area (TPSA) is 104 Å². The van der Waals surface area contributed by atoms with Crippen LogP contribution in [0.3, 0.4) is 0 Å². The van der Waals surface area contributed by atoms with Gasteiger partial charge in [0, 0.05) is 12.2 Å². The van der Waals surface area contributed by atoms with Gasteiger partial charge in [-0.25, -0.2) is 8.42 Å². The summed E-state index contributed by atoms with van der Waals surface area (Å²) >= 11 is 0. The molecule has 0 bridgehead atoms. The van der Waals surface area contributed by atoms with Gasteiger partial charge in [0.05, 0.1) is 23.8 Å². The number of carboxylic acids is 1. The Kier molecular flexibility index (Phi) is 3.63. The quantitative estimate of drug-likeness (QED) is 0.850. The van der Waals surface area contributed by atoms with Gasteiger partial charge >= 0.3 is 5.97 Å². The second kappa shape index (κ2) is 5.20. The van der Waals surface area contributed by atoms with E-state index in [1.165, 1.54) is 4.31 Å². The Balaban J connectivity index is 1.81. The fraction of sp³-hybridized carbons (Fsp3) is 0.500. The molecule has 1 aliphatic heterocycles. The van der Waals surface area contributed by atoms with E-state index in [2.05, 4.69) is 5.32 Å². The minimum absolute atomic E-state index is 0.351. The molecule has 1 fully saturated rings. The smallest absolute Gasteiger partial charge is 0.307 e. The molecular formula is C16H20N2O5S. The molecule has 1 aromatic rings. The van der Waals surface area contributed by atoms with Crippen molar-refractivity contribution in [1.82, 2.24) is 0 Å². The first-order valence-electron chi connectivity index (χ1n) is 7.68. The summed E-state index contributed by atoms with van der Waals surface area (Å²) < 4.78 is 25.0. The Morgan fingerprint density at radius 1 is 1.29 bits per heavy atom. The first-order chi connectivity index (χ1) is 11.0. The highest BCUT2D eigenvalue weighted by Crippen LogP contribution is 2.58. The zero-order chi connectivity index (χ0) is 17.9. The van der Waals surface area contributed by atoms with E-state index in [-0.39, 0.29) is 5.91 Å².